The summed E-state index contributed by atoms with van der Waals surface area (Å²) >= 11 is 0. The predicted octanol–water partition coefficient (Wildman–Crippen LogP) is 2.41. The molecule has 0 bridgehead atoms. The largest absolute Gasteiger partial charge is 0.369 e. The summed E-state index contributed by atoms with van der Waals surface area (Å²) < 4.78 is 17.8. The minimum atomic E-state index is -0.587. The number of Topliss-reactive ketones (excluding diaryl/α,β-unsaturated/α-hetero) is 1. The average Bonchev–Trinajstić information content (AvgIpc) is 2.09. The van der Waals surface area contributed by atoms with Gasteiger partial charge in [0.25, 0.3) is 0 Å². The Bertz CT molecular complexity index is 347. The molecule has 0 aliphatic carbocycles. The van der Waals surface area contributed by atoms with Crippen molar-refractivity contribution in [3.05, 3.63) is 35.1 Å². The molecule has 0 spiro atoms. The van der Waals surface area contributed by atoms with Gasteiger partial charge in [-0.2, -0.15) is 0 Å². The molecule has 0 fully saturated rings. The van der Waals surface area contributed by atoms with E-state index in [1.54, 1.807) is 13.0 Å². The zero-order valence-electron chi connectivity index (χ0n) is 8.50. The summed E-state index contributed by atoms with van der Waals surface area (Å²) in [6, 6.07) is 4.31. The van der Waals surface area contributed by atoms with Gasteiger partial charge in [0.05, 0.1) is 0 Å². The average molecular weight is 196 g/mol. The molecular weight excluding hydrogens is 183 g/mol. The fraction of sp³-hybridized carbons (Fsp3) is 0.364. The summed E-state index contributed by atoms with van der Waals surface area (Å²) in [4.78, 5) is 11.2. The van der Waals surface area contributed by atoms with Gasteiger partial charge in [-0.1, -0.05) is 6.07 Å². The Morgan fingerprint density at radius 1 is 1.50 bits per heavy atom. The van der Waals surface area contributed by atoms with Crippen LogP contribution in [0, 0.1) is 12.7 Å². The molecule has 0 amide bonds. The Kier molecular flexibility index (Phi) is 3.36. The van der Waals surface area contributed by atoms with Crippen LogP contribution in [0.5, 0.6) is 0 Å². The van der Waals surface area contributed by atoms with E-state index in [1.165, 1.54) is 26.2 Å². The second kappa shape index (κ2) is 4.33. The first-order valence-electron chi connectivity index (χ1n) is 4.35. The van der Waals surface area contributed by atoms with Gasteiger partial charge in [0.15, 0.2) is 5.78 Å². The molecule has 0 saturated carbocycles. The van der Waals surface area contributed by atoms with E-state index >= 15 is 0 Å². The molecule has 1 aromatic carbocycles. The lowest BCUT2D eigenvalue weighted by Crippen LogP contribution is -2.12. The molecule has 3 heteroatoms. The van der Waals surface area contributed by atoms with Crippen molar-refractivity contribution in [1.29, 1.82) is 0 Å². The third-order valence-electron chi connectivity index (χ3n) is 2.12. The second-order valence-corrected chi connectivity index (χ2v) is 3.23. The van der Waals surface area contributed by atoms with E-state index in [-0.39, 0.29) is 11.6 Å². The van der Waals surface area contributed by atoms with Crippen molar-refractivity contribution < 1.29 is 13.9 Å². The van der Waals surface area contributed by atoms with Gasteiger partial charge in [0.2, 0.25) is 0 Å². The molecule has 1 atom stereocenters. The number of methoxy groups -OCH3 is 1. The standard InChI is InChI=1S/C11H13FO2/c1-7-6-9(12)4-5-10(7)11(14-3)8(2)13/h4-6,11H,1-3H3. The highest BCUT2D eigenvalue weighted by Crippen LogP contribution is 2.22. The zero-order valence-corrected chi connectivity index (χ0v) is 8.50. The molecule has 2 nitrogen and oxygen atoms in total. The normalized spacial score (nSPS) is 12.6. The van der Waals surface area contributed by atoms with Gasteiger partial charge in [0.1, 0.15) is 11.9 Å². The Morgan fingerprint density at radius 3 is 2.57 bits per heavy atom. The fourth-order valence-electron chi connectivity index (χ4n) is 1.45. The molecule has 1 rings (SSSR count). The number of rotatable bonds is 3. The van der Waals surface area contributed by atoms with Crippen LogP contribution in [0.1, 0.15) is 24.2 Å². The Labute approximate surface area is 82.7 Å². The first-order valence-corrected chi connectivity index (χ1v) is 4.35. The monoisotopic (exact) mass is 196 g/mol. The molecule has 76 valence electrons. The first-order chi connectivity index (χ1) is 6.56. The van der Waals surface area contributed by atoms with Gasteiger partial charge in [-0.05, 0) is 37.1 Å². The minimum absolute atomic E-state index is 0.0813. The van der Waals surface area contributed by atoms with Crippen LogP contribution in [-0.2, 0) is 9.53 Å². The Morgan fingerprint density at radius 2 is 2.14 bits per heavy atom. The molecule has 0 aliphatic rings. The van der Waals surface area contributed by atoms with Crippen LogP contribution < -0.4 is 0 Å². The topological polar surface area (TPSA) is 26.3 Å². The summed E-state index contributed by atoms with van der Waals surface area (Å²) in [7, 11) is 1.47. The minimum Gasteiger partial charge on any atom is -0.369 e. The van der Waals surface area contributed by atoms with Crippen LogP contribution in [-0.4, -0.2) is 12.9 Å². The number of carbonyl (C=O) groups excluding carboxylic acids is 1. The molecule has 1 aromatic rings. The van der Waals surface area contributed by atoms with Crippen LogP contribution in [0.4, 0.5) is 4.39 Å². The summed E-state index contributed by atoms with van der Waals surface area (Å²) in [6.07, 6.45) is -0.587. The number of hydrogen-bond acceptors (Lipinski definition) is 2. The highest BCUT2D eigenvalue weighted by Gasteiger charge is 2.17. The van der Waals surface area contributed by atoms with Crippen LogP contribution in [0.15, 0.2) is 18.2 Å². The Balaban J connectivity index is 3.10. The number of aryl methyl sites for hydroxylation is 1. The van der Waals surface area contributed by atoms with E-state index in [2.05, 4.69) is 0 Å². The van der Waals surface area contributed by atoms with E-state index in [0.717, 1.165) is 11.1 Å². The van der Waals surface area contributed by atoms with E-state index < -0.39 is 6.10 Å². The highest BCUT2D eigenvalue weighted by atomic mass is 19.1. The molecule has 1 unspecified atom stereocenters. The maximum Gasteiger partial charge on any atom is 0.163 e. The van der Waals surface area contributed by atoms with Crippen molar-refractivity contribution in [3.8, 4) is 0 Å². The van der Waals surface area contributed by atoms with Gasteiger partial charge < -0.3 is 4.74 Å². The van der Waals surface area contributed by atoms with Crippen LogP contribution in [0.25, 0.3) is 0 Å². The number of benzene rings is 1. The number of ketones is 1. The number of hydrogen-bond donors (Lipinski definition) is 0. The van der Waals surface area contributed by atoms with Crippen LogP contribution in [0.3, 0.4) is 0 Å². The predicted molar refractivity (Wildman–Crippen MR) is 51.6 cm³/mol. The van der Waals surface area contributed by atoms with Gasteiger partial charge >= 0.3 is 0 Å². The SMILES string of the molecule is COC(C(C)=O)c1ccc(F)cc1C. The van der Waals surface area contributed by atoms with Gasteiger partial charge in [-0.3, -0.25) is 4.79 Å². The quantitative estimate of drug-likeness (QED) is 0.742. The number of halogens is 1. The molecule has 0 heterocycles. The van der Waals surface area contributed by atoms with Gasteiger partial charge in [-0.15, -0.1) is 0 Å². The molecule has 0 aliphatic heterocycles. The second-order valence-electron chi connectivity index (χ2n) is 3.23. The lowest BCUT2D eigenvalue weighted by Gasteiger charge is -2.14. The molecule has 0 aromatic heterocycles. The van der Waals surface area contributed by atoms with Crippen molar-refractivity contribution in [1.82, 2.24) is 0 Å². The molecule has 14 heavy (non-hydrogen) atoms. The molecule has 0 radical (unpaired) electrons. The molecule has 0 N–H and O–H groups in total. The zero-order chi connectivity index (χ0) is 10.7. The van der Waals surface area contributed by atoms with Gasteiger partial charge in [0, 0.05) is 7.11 Å². The third kappa shape index (κ3) is 2.17. The third-order valence-corrected chi connectivity index (χ3v) is 2.12. The number of ether oxygens (including phenoxy) is 1. The summed E-state index contributed by atoms with van der Waals surface area (Å²) in [5, 5.41) is 0. The molecular formula is C11H13FO2. The van der Waals surface area contributed by atoms with E-state index in [0.29, 0.717) is 0 Å². The summed E-state index contributed by atoms with van der Waals surface area (Å²) in [5.41, 5.74) is 1.45. The lowest BCUT2D eigenvalue weighted by atomic mass is 10.0. The highest BCUT2D eigenvalue weighted by molar-refractivity contribution is 5.82. The van der Waals surface area contributed by atoms with E-state index in [4.69, 9.17) is 4.74 Å². The van der Waals surface area contributed by atoms with Gasteiger partial charge in [-0.25, -0.2) is 4.39 Å². The van der Waals surface area contributed by atoms with Crippen LogP contribution >= 0.6 is 0 Å². The maximum absolute atomic E-state index is 12.8. The van der Waals surface area contributed by atoms with Crippen molar-refractivity contribution in [2.45, 2.75) is 20.0 Å². The van der Waals surface area contributed by atoms with Crippen molar-refractivity contribution in [2.24, 2.45) is 0 Å². The lowest BCUT2D eigenvalue weighted by molar-refractivity contribution is -0.126. The van der Waals surface area contributed by atoms with Crippen molar-refractivity contribution in [2.75, 3.05) is 7.11 Å². The summed E-state index contributed by atoms with van der Waals surface area (Å²) in [6.45, 7) is 3.21. The summed E-state index contributed by atoms with van der Waals surface area (Å²) in [5.74, 6) is -0.383. The van der Waals surface area contributed by atoms with E-state index in [9.17, 15) is 9.18 Å². The van der Waals surface area contributed by atoms with Crippen molar-refractivity contribution >= 4 is 5.78 Å². The Hall–Kier alpha value is -1.22. The van der Waals surface area contributed by atoms with E-state index in [1.807, 2.05) is 0 Å². The smallest absolute Gasteiger partial charge is 0.163 e. The van der Waals surface area contributed by atoms with Crippen LogP contribution in [0.2, 0.25) is 0 Å². The van der Waals surface area contributed by atoms with Crippen molar-refractivity contribution in [3.63, 3.8) is 0 Å². The maximum atomic E-state index is 12.8. The molecule has 0 saturated heterocycles. The fourth-order valence-corrected chi connectivity index (χ4v) is 1.45. The number of carbonyl (C=O) groups is 1. The first kappa shape index (κ1) is 10.9.